The van der Waals surface area contributed by atoms with Crippen molar-refractivity contribution in [3.8, 4) is 5.75 Å². The lowest BCUT2D eigenvalue weighted by Gasteiger charge is -2.09. The second-order valence-electron chi connectivity index (χ2n) is 5.84. The molecule has 1 heterocycles. The zero-order valence-corrected chi connectivity index (χ0v) is 18.4. The summed E-state index contributed by atoms with van der Waals surface area (Å²) in [6, 6.07) is 12.7. The van der Waals surface area contributed by atoms with E-state index in [9.17, 15) is 9.90 Å². The van der Waals surface area contributed by atoms with Gasteiger partial charge in [0.25, 0.3) is 5.22 Å². The van der Waals surface area contributed by atoms with Crippen molar-refractivity contribution in [2.75, 3.05) is 0 Å². The molecule has 0 aliphatic heterocycles. The average molecular weight is 496 g/mol. The number of ether oxygens (including phenoxy) is 1. The van der Waals surface area contributed by atoms with Crippen LogP contribution in [0.15, 0.2) is 61.5 Å². The van der Waals surface area contributed by atoms with Crippen LogP contribution in [0.4, 0.5) is 0 Å². The van der Waals surface area contributed by atoms with Crippen LogP contribution in [0.25, 0.3) is 6.08 Å². The van der Waals surface area contributed by atoms with Gasteiger partial charge in [-0.25, -0.2) is 4.79 Å². The van der Waals surface area contributed by atoms with E-state index in [0.29, 0.717) is 39.7 Å². The summed E-state index contributed by atoms with van der Waals surface area (Å²) in [7, 11) is 0. The molecule has 9 heteroatoms. The predicted molar refractivity (Wildman–Crippen MR) is 115 cm³/mol. The van der Waals surface area contributed by atoms with Crippen LogP contribution in [-0.2, 0) is 17.8 Å². The summed E-state index contributed by atoms with van der Waals surface area (Å²) in [5.74, 6) is 0.0266. The van der Waals surface area contributed by atoms with Gasteiger partial charge in [-0.1, -0.05) is 36.7 Å². The van der Waals surface area contributed by atoms with Crippen LogP contribution < -0.4 is 4.74 Å². The molecular weight excluding hydrogens is 480 g/mol. The van der Waals surface area contributed by atoms with Crippen molar-refractivity contribution < 1.29 is 19.1 Å². The average Bonchev–Trinajstić information content (AvgIpc) is 3.16. The number of carboxylic acids is 1. The number of rotatable bonds is 8. The number of thioether (sulfide) groups is 1. The lowest BCUT2D eigenvalue weighted by Crippen LogP contribution is -1.98. The molecule has 0 aliphatic rings. The van der Waals surface area contributed by atoms with E-state index >= 15 is 0 Å². The molecule has 0 aliphatic carbocycles. The van der Waals surface area contributed by atoms with Gasteiger partial charge < -0.3 is 14.3 Å². The smallest absolute Gasteiger partial charge is 0.342 e. The summed E-state index contributed by atoms with van der Waals surface area (Å²) in [6.07, 6.45) is 2.13. The summed E-state index contributed by atoms with van der Waals surface area (Å²) in [5.41, 5.74) is 1.68. The first-order valence-electron chi connectivity index (χ1n) is 8.56. The van der Waals surface area contributed by atoms with Gasteiger partial charge in [0.1, 0.15) is 17.3 Å². The Labute approximate surface area is 185 Å². The van der Waals surface area contributed by atoms with Crippen LogP contribution >= 0.6 is 39.3 Å². The van der Waals surface area contributed by atoms with E-state index in [1.807, 2.05) is 19.1 Å². The molecule has 2 aromatic carbocycles. The summed E-state index contributed by atoms with van der Waals surface area (Å²) in [5, 5.41) is 18.0. The van der Waals surface area contributed by atoms with Gasteiger partial charge in [0, 0.05) is 11.4 Å². The third kappa shape index (κ3) is 6.09. The molecule has 0 saturated carbocycles. The maximum atomic E-state index is 11.6. The molecule has 0 radical (unpaired) electrons. The van der Waals surface area contributed by atoms with Crippen LogP contribution in [0.2, 0.25) is 5.02 Å². The highest BCUT2D eigenvalue weighted by Crippen LogP contribution is 2.31. The monoisotopic (exact) mass is 494 g/mol. The molecule has 1 aromatic heterocycles. The van der Waals surface area contributed by atoms with Crippen molar-refractivity contribution >= 4 is 51.3 Å². The fraction of sp³-hybridized carbons (Fsp3) is 0.150. The highest BCUT2D eigenvalue weighted by atomic mass is 79.9. The number of carboxylic acid groups (broad SMARTS) is 1. The largest absolute Gasteiger partial charge is 0.488 e. The first-order valence-corrected chi connectivity index (χ1v) is 10.6. The Kier molecular flexibility index (Phi) is 7.35. The first-order chi connectivity index (χ1) is 13.9. The van der Waals surface area contributed by atoms with Crippen molar-refractivity contribution in [3.05, 3.63) is 73.9 Å². The number of aliphatic carboxylic acids is 1. The SMILES string of the molecule is CCc1nnc(S/C(=C\c2ccc(OCc3ccc(Cl)cc3)c(Br)c2)C(=O)O)o1. The minimum Gasteiger partial charge on any atom is -0.488 e. The summed E-state index contributed by atoms with van der Waals surface area (Å²) < 4.78 is 11.9. The highest BCUT2D eigenvalue weighted by molar-refractivity contribution is 9.10. The fourth-order valence-corrected chi connectivity index (χ4v) is 3.60. The van der Waals surface area contributed by atoms with E-state index < -0.39 is 5.97 Å². The van der Waals surface area contributed by atoms with Gasteiger partial charge in [-0.3, -0.25) is 0 Å². The van der Waals surface area contributed by atoms with E-state index in [1.165, 1.54) is 6.08 Å². The van der Waals surface area contributed by atoms with Crippen molar-refractivity contribution in [1.29, 1.82) is 0 Å². The van der Waals surface area contributed by atoms with Gasteiger partial charge in [0.05, 0.1) is 4.47 Å². The lowest BCUT2D eigenvalue weighted by molar-refractivity contribution is -0.131. The summed E-state index contributed by atoms with van der Waals surface area (Å²) >= 11 is 10.3. The van der Waals surface area contributed by atoms with Crippen LogP contribution in [0.5, 0.6) is 5.75 Å². The van der Waals surface area contributed by atoms with Gasteiger partial charge >= 0.3 is 5.97 Å². The van der Waals surface area contributed by atoms with Gasteiger partial charge in [-0.15, -0.1) is 10.2 Å². The molecule has 29 heavy (non-hydrogen) atoms. The van der Waals surface area contributed by atoms with E-state index in [4.69, 9.17) is 20.8 Å². The van der Waals surface area contributed by atoms with Crippen LogP contribution in [0.1, 0.15) is 23.9 Å². The molecule has 0 amide bonds. The number of nitrogens with zero attached hydrogens (tertiary/aromatic N) is 2. The van der Waals surface area contributed by atoms with E-state index in [2.05, 4.69) is 26.1 Å². The number of halogens is 2. The van der Waals surface area contributed by atoms with Crippen molar-refractivity contribution in [3.63, 3.8) is 0 Å². The number of carbonyl (C=O) groups is 1. The molecule has 3 rings (SSSR count). The maximum Gasteiger partial charge on any atom is 0.342 e. The quantitative estimate of drug-likeness (QED) is 0.310. The second kappa shape index (κ2) is 9.96. The fourth-order valence-electron chi connectivity index (χ4n) is 2.27. The minimum atomic E-state index is -1.08. The first kappa shape index (κ1) is 21.4. The Balaban J connectivity index is 1.72. The maximum absolute atomic E-state index is 11.6. The van der Waals surface area contributed by atoms with Crippen LogP contribution in [-0.4, -0.2) is 21.3 Å². The Morgan fingerprint density at radius 1 is 1.28 bits per heavy atom. The molecule has 0 atom stereocenters. The molecule has 3 aromatic rings. The molecule has 0 saturated heterocycles. The summed E-state index contributed by atoms with van der Waals surface area (Å²) in [6.45, 7) is 2.27. The Bertz CT molecular complexity index is 1040. The van der Waals surface area contributed by atoms with Gasteiger partial charge in [-0.05, 0) is 69.2 Å². The van der Waals surface area contributed by atoms with Crippen molar-refractivity contribution in [2.24, 2.45) is 0 Å². The lowest BCUT2D eigenvalue weighted by atomic mass is 10.2. The van der Waals surface area contributed by atoms with Gasteiger partial charge in [0.2, 0.25) is 5.89 Å². The number of aromatic nitrogens is 2. The highest BCUT2D eigenvalue weighted by Gasteiger charge is 2.15. The van der Waals surface area contributed by atoms with Crippen LogP contribution in [0.3, 0.4) is 0 Å². The Hall–Kier alpha value is -2.29. The molecule has 6 nitrogen and oxygen atoms in total. The number of hydrogen-bond donors (Lipinski definition) is 1. The van der Waals surface area contributed by atoms with Crippen molar-refractivity contribution in [1.82, 2.24) is 10.2 Å². The van der Waals surface area contributed by atoms with E-state index in [0.717, 1.165) is 17.3 Å². The second-order valence-corrected chi connectivity index (χ2v) is 8.12. The zero-order valence-electron chi connectivity index (χ0n) is 15.3. The Morgan fingerprint density at radius 2 is 2.03 bits per heavy atom. The molecule has 0 fully saturated rings. The zero-order chi connectivity index (χ0) is 20.8. The number of benzene rings is 2. The molecular formula is C20H16BrClN2O4S. The minimum absolute atomic E-state index is 0.0676. The number of aryl methyl sites for hydroxylation is 1. The molecule has 0 bridgehead atoms. The molecule has 0 unspecified atom stereocenters. The van der Waals surface area contributed by atoms with Gasteiger partial charge in [0.15, 0.2) is 0 Å². The third-order valence-corrected chi connectivity index (χ3v) is 5.44. The van der Waals surface area contributed by atoms with Gasteiger partial charge in [-0.2, -0.15) is 0 Å². The van der Waals surface area contributed by atoms with Crippen molar-refractivity contribution in [2.45, 2.75) is 25.2 Å². The van der Waals surface area contributed by atoms with E-state index in [1.54, 1.807) is 30.3 Å². The predicted octanol–water partition coefficient (Wildman–Crippen LogP) is 5.84. The third-order valence-electron chi connectivity index (χ3n) is 3.72. The number of hydrogen-bond acceptors (Lipinski definition) is 6. The topological polar surface area (TPSA) is 85.5 Å². The molecule has 1 N–H and O–H groups in total. The molecule has 150 valence electrons. The van der Waals surface area contributed by atoms with Crippen LogP contribution in [0, 0.1) is 0 Å². The standard InChI is InChI=1S/C20H16BrClN2O4S/c1-2-18-23-24-20(28-18)29-17(19(25)26)10-13-5-8-16(15(21)9-13)27-11-12-3-6-14(22)7-4-12/h3-10H,2,11H2,1H3,(H,25,26)/b17-10-. The molecule has 0 spiro atoms. The summed E-state index contributed by atoms with van der Waals surface area (Å²) in [4.78, 5) is 11.7. The Morgan fingerprint density at radius 3 is 2.66 bits per heavy atom. The van der Waals surface area contributed by atoms with E-state index in [-0.39, 0.29) is 10.1 Å². The normalized spacial score (nSPS) is 11.5.